The van der Waals surface area contributed by atoms with Gasteiger partial charge in [-0.05, 0) is 39.3 Å². The largest absolute Gasteiger partial charge is 0.302 e. The van der Waals surface area contributed by atoms with Crippen molar-refractivity contribution in [2.75, 3.05) is 0 Å². The van der Waals surface area contributed by atoms with Crippen molar-refractivity contribution in [3.05, 3.63) is 49.4 Å². The van der Waals surface area contributed by atoms with Gasteiger partial charge in [-0.15, -0.1) is 11.3 Å². The van der Waals surface area contributed by atoms with Gasteiger partial charge in [0.2, 0.25) is 0 Å². The molecule has 0 bridgehead atoms. The van der Waals surface area contributed by atoms with Gasteiger partial charge in [0, 0.05) is 10.9 Å². The molecule has 2 nitrogen and oxygen atoms in total. The Morgan fingerprint density at radius 1 is 1.20 bits per heavy atom. The highest BCUT2D eigenvalue weighted by Crippen LogP contribution is 2.35. The Balaban J connectivity index is 2.49. The normalized spacial score (nSPS) is 12.9. The van der Waals surface area contributed by atoms with Crippen LogP contribution in [-0.4, -0.2) is 11.0 Å². The predicted molar refractivity (Wildman–Crippen MR) is 88.2 cm³/mol. The van der Waals surface area contributed by atoms with Crippen molar-refractivity contribution in [1.29, 1.82) is 0 Å². The first-order valence-electron chi connectivity index (χ1n) is 6.54. The van der Waals surface area contributed by atoms with E-state index in [4.69, 9.17) is 23.2 Å². The van der Waals surface area contributed by atoms with Gasteiger partial charge >= 0.3 is 0 Å². The van der Waals surface area contributed by atoms with Crippen molar-refractivity contribution in [3.63, 3.8) is 0 Å². The van der Waals surface area contributed by atoms with Gasteiger partial charge in [-0.25, -0.2) is 4.98 Å². The minimum atomic E-state index is -0.0291. The van der Waals surface area contributed by atoms with E-state index in [1.165, 1.54) is 4.88 Å². The molecule has 0 fully saturated rings. The number of benzene rings is 1. The number of hydrogen-bond acceptors (Lipinski definition) is 3. The molecule has 0 radical (unpaired) electrons. The summed E-state index contributed by atoms with van der Waals surface area (Å²) in [6.45, 7) is 8.33. The second-order valence-corrected chi connectivity index (χ2v) is 7.11. The number of aryl methyl sites for hydroxylation is 2. The minimum absolute atomic E-state index is 0.0291. The molecule has 1 N–H and O–H groups in total. The molecule has 1 aromatic heterocycles. The van der Waals surface area contributed by atoms with E-state index in [-0.39, 0.29) is 6.04 Å². The lowest BCUT2D eigenvalue weighted by Gasteiger charge is -2.21. The first-order chi connectivity index (χ1) is 9.40. The SMILES string of the molecule is Cc1nc(C(NC(C)C)c2cccc(Cl)c2Cl)sc1C. The molecule has 108 valence electrons. The standard InChI is InChI=1S/C15H18Cl2N2S/c1-8(2)18-14(15-19-9(3)10(4)20-15)11-6-5-7-12(16)13(11)17/h5-8,14,18H,1-4H3. The average Bonchev–Trinajstić information content (AvgIpc) is 2.70. The summed E-state index contributed by atoms with van der Waals surface area (Å²) in [6, 6.07) is 6.02. The van der Waals surface area contributed by atoms with E-state index in [2.05, 4.69) is 31.1 Å². The predicted octanol–water partition coefficient (Wildman–Crippen LogP) is 5.15. The zero-order valence-corrected chi connectivity index (χ0v) is 14.3. The fourth-order valence-electron chi connectivity index (χ4n) is 1.99. The monoisotopic (exact) mass is 328 g/mol. The molecule has 0 aliphatic heterocycles. The van der Waals surface area contributed by atoms with Crippen LogP contribution in [0.2, 0.25) is 10.0 Å². The summed E-state index contributed by atoms with van der Waals surface area (Å²) in [6.07, 6.45) is 0. The Morgan fingerprint density at radius 3 is 2.45 bits per heavy atom. The maximum Gasteiger partial charge on any atom is 0.115 e. The smallest absolute Gasteiger partial charge is 0.115 e. The van der Waals surface area contributed by atoms with Gasteiger partial charge in [-0.1, -0.05) is 35.3 Å². The van der Waals surface area contributed by atoms with Gasteiger partial charge in [0.25, 0.3) is 0 Å². The first-order valence-corrected chi connectivity index (χ1v) is 8.11. The Labute approximate surface area is 134 Å². The molecule has 0 aliphatic carbocycles. The van der Waals surface area contributed by atoms with E-state index >= 15 is 0 Å². The molecule has 2 aromatic rings. The molecule has 1 unspecified atom stereocenters. The summed E-state index contributed by atoms with van der Waals surface area (Å²) in [7, 11) is 0. The van der Waals surface area contributed by atoms with E-state index in [0.717, 1.165) is 16.3 Å². The van der Waals surface area contributed by atoms with Crippen LogP contribution in [0.5, 0.6) is 0 Å². The van der Waals surface area contributed by atoms with Crippen LogP contribution in [0, 0.1) is 13.8 Å². The topological polar surface area (TPSA) is 24.9 Å². The van der Waals surface area contributed by atoms with E-state index < -0.39 is 0 Å². The summed E-state index contributed by atoms with van der Waals surface area (Å²) < 4.78 is 0. The Morgan fingerprint density at radius 2 is 1.90 bits per heavy atom. The van der Waals surface area contributed by atoms with Crippen molar-refractivity contribution in [1.82, 2.24) is 10.3 Å². The van der Waals surface area contributed by atoms with E-state index in [1.807, 2.05) is 19.1 Å². The third-order valence-electron chi connectivity index (χ3n) is 3.08. The second-order valence-electron chi connectivity index (χ2n) is 5.09. The van der Waals surface area contributed by atoms with E-state index in [9.17, 15) is 0 Å². The molecule has 0 spiro atoms. The Bertz CT molecular complexity index is 588. The summed E-state index contributed by atoms with van der Waals surface area (Å²) in [5.41, 5.74) is 2.04. The van der Waals surface area contributed by atoms with Crippen LogP contribution in [0.15, 0.2) is 18.2 Å². The van der Waals surface area contributed by atoms with Crippen LogP contribution in [0.25, 0.3) is 0 Å². The van der Waals surface area contributed by atoms with Crippen LogP contribution in [-0.2, 0) is 0 Å². The summed E-state index contributed by atoms with van der Waals surface area (Å²) in [4.78, 5) is 5.90. The molecule has 0 amide bonds. The Kier molecular flexibility index (Phi) is 5.08. The maximum absolute atomic E-state index is 6.37. The van der Waals surface area contributed by atoms with Crippen molar-refractivity contribution in [2.45, 2.75) is 39.8 Å². The van der Waals surface area contributed by atoms with Crippen LogP contribution in [0.3, 0.4) is 0 Å². The van der Waals surface area contributed by atoms with Gasteiger partial charge in [0.05, 0.1) is 21.8 Å². The fourth-order valence-corrected chi connectivity index (χ4v) is 3.41. The highest BCUT2D eigenvalue weighted by Gasteiger charge is 2.22. The van der Waals surface area contributed by atoms with Crippen molar-refractivity contribution < 1.29 is 0 Å². The van der Waals surface area contributed by atoms with Crippen LogP contribution in [0.4, 0.5) is 0 Å². The molecule has 0 saturated heterocycles. The lowest BCUT2D eigenvalue weighted by atomic mass is 10.1. The molecular formula is C15H18Cl2N2S. The molecule has 0 aliphatic rings. The minimum Gasteiger partial charge on any atom is -0.302 e. The number of rotatable bonds is 4. The average molecular weight is 329 g/mol. The van der Waals surface area contributed by atoms with Crippen molar-refractivity contribution in [2.24, 2.45) is 0 Å². The number of halogens is 2. The lowest BCUT2D eigenvalue weighted by Crippen LogP contribution is -2.29. The highest BCUT2D eigenvalue weighted by molar-refractivity contribution is 7.11. The third-order valence-corrected chi connectivity index (χ3v) is 5.06. The summed E-state index contributed by atoms with van der Waals surface area (Å²) >= 11 is 14.2. The van der Waals surface area contributed by atoms with Gasteiger partial charge in [0.15, 0.2) is 0 Å². The fraction of sp³-hybridized carbons (Fsp3) is 0.400. The number of nitrogens with one attached hydrogen (secondary N) is 1. The van der Waals surface area contributed by atoms with Crippen molar-refractivity contribution in [3.8, 4) is 0 Å². The van der Waals surface area contributed by atoms with Crippen LogP contribution >= 0.6 is 34.5 Å². The highest BCUT2D eigenvalue weighted by atomic mass is 35.5. The quantitative estimate of drug-likeness (QED) is 0.839. The lowest BCUT2D eigenvalue weighted by molar-refractivity contribution is 0.526. The molecule has 1 atom stereocenters. The molecule has 1 heterocycles. The van der Waals surface area contributed by atoms with Gasteiger partial charge < -0.3 is 5.32 Å². The molecule has 20 heavy (non-hydrogen) atoms. The number of thiazole rings is 1. The van der Waals surface area contributed by atoms with Gasteiger partial charge in [0.1, 0.15) is 5.01 Å². The number of nitrogens with zero attached hydrogens (tertiary/aromatic N) is 1. The first kappa shape index (κ1) is 15.8. The summed E-state index contributed by atoms with van der Waals surface area (Å²) in [5.74, 6) is 0. The zero-order chi connectivity index (χ0) is 14.9. The second kappa shape index (κ2) is 6.44. The van der Waals surface area contributed by atoms with E-state index in [1.54, 1.807) is 17.4 Å². The number of hydrogen-bond donors (Lipinski definition) is 1. The van der Waals surface area contributed by atoms with E-state index in [0.29, 0.717) is 16.1 Å². The molecule has 1 aromatic carbocycles. The molecule has 2 rings (SSSR count). The number of aromatic nitrogens is 1. The van der Waals surface area contributed by atoms with Crippen LogP contribution in [0.1, 0.15) is 41.0 Å². The molecule has 5 heteroatoms. The van der Waals surface area contributed by atoms with Crippen LogP contribution < -0.4 is 5.32 Å². The van der Waals surface area contributed by atoms with Crippen molar-refractivity contribution >= 4 is 34.5 Å². The zero-order valence-electron chi connectivity index (χ0n) is 12.0. The molecular weight excluding hydrogens is 311 g/mol. The van der Waals surface area contributed by atoms with Gasteiger partial charge in [-0.2, -0.15) is 0 Å². The molecule has 0 saturated carbocycles. The third kappa shape index (κ3) is 3.34. The Hall–Kier alpha value is -0.610. The summed E-state index contributed by atoms with van der Waals surface area (Å²) in [5, 5.41) is 5.72. The van der Waals surface area contributed by atoms with Gasteiger partial charge in [-0.3, -0.25) is 0 Å². The maximum atomic E-state index is 6.37.